The van der Waals surface area contributed by atoms with Crippen molar-refractivity contribution in [2.75, 3.05) is 6.54 Å². The summed E-state index contributed by atoms with van der Waals surface area (Å²) in [4.78, 5) is 34.2. The van der Waals surface area contributed by atoms with E-state index < -0.39 is 17.8 Å². The first-order chi connectivity index (χ1) is 9.45. The number of imide groups is 1. The minimum Gasteiger partial charge on any atom is -0.478 e. The van der Waals surface area contributed by atoms with Gasteiger partial charge in [-0.15, -0.1) is 0 Å². The van der Waals surface area contributed by atoms with Crippen molar-refractivity contribution in [1.82, 2.24) is 10.2 Å². The van der Waals surface area contributed by atoms with Crippen LogP contribution in [0.15, 0.2) is 24.3 Å². The Balaban J connectivity index is 2.22. The molecule has 0 aromatic heterocycles. The number of halogens is 1. The molecule has 1 fully saturated rings. The standard InChI is InChI=1S/C13H11FN2O4/c14-10-4-8(1-2-12(18)19)3-9(5-10)7-16-11(17)6-15-13(16)20/h1-5H,6-7H2,(H,15,20)(H,18,19). The second kappa shape index (κ2) is 5.52. The maximum atomic E-state index is 13.4. The van der Waals surface area contributed by atoms with Gasteiger partial charge in [0.1, 0.15) is 5.82 Å². The molecule has 0 atom stereocenters. The van der Waals surface area contributed by atoms with Crippen molar-refractivity contribution in [3.63, 3.8) is 0 Å². The summed E-state index contributed by atoms with van der Waals surface area (Å²) >= 11 is 0. The van der Waals surface area contributed by atoms with Gasteiger partial charge in [-0.2, -0.15) is 0 Å². The molecule has 1 aliphatic rings. The van der Waals surface area contributed by atoms with Crippen molar-refractivity contribution < 1.29 is 23.9 Å². The second-order valence-electron chi connectivity index (χ2n) is 4.20. The summed E-state index contributed by atoms with van der Waals surface area (Å²) in [6.45, 7) is -0.129. The van der Waals surface area contributed by atoms with Crippen molar-refractivity contribution in [2.45, 2.75) is 6.54 Å². The van der Waals surface area contributed by atoms with Crippen LogP contribution < -0.4 is 5.32 Å². The maximum absolute atomic E-state index is 13.4. The van der Waals surface area contributed by atoms with Crippen molar-refractivity contribution in [3.8, 4) is 0 Å². The number of benzene rings is 1. The Kier molecular flexibility index (Phi) is 3.79. The minimum absolute atomic E-state index is 0.0592. The Morgan fingerprint density at radius 3 is 2.75 bits per heavy atom. The van der Waals surface area contributed by atoms with Gasteiger partial charge in [-0.05, 0) is 35.4 Å². The van der Waals surface area contributed by atoms with Crippen LogP contribution in [0, 0.1) is 5.82 Å². The van der Waals surface area contributed by atoms with E-state index in [9.17, 15) is 18.8 Å². The number of carbonyl (C=O) groups excluding carboxylic acids is 2. The fourth-order valence-electron chi connectivity index (χ4n) is 1.83. The predicted octanol–water partition coefficient (Wildman–Crippen LogP) is 0.975. The van der Waals surface area contributed by atoms with Crippen molar-refractivity contribution in [2.24, 2.45) is 0 Å². The second-order valence-corrected chi connectivity index (χ2v) is 4.20. The van der Waals surface area contributed by atoms with E-state index in [1.54, 1.807) is 0 Å². The lowest BCUT2D eigenvalue weighted by Gasteiger charge is -2.12. The zero-order valence-electron chi connectivity index (χ0n) is 10.3. The summed E-state index contributed by atoms with van der Waals surface area (Å²) in [5.74, 6) is -2.11. The van der Waals surface area contributed by atoms with Crippen LogP contribution in [0.3, 0.4) is 0 Å². The van der Waals surface area contributed by atoms with Gasteiger partial charge < -0.3 is 10.4 Å². The summed E-state index contributed by atoms with van der Waals surface area (Å²) in [6, 6.07) is 3.34. The van der Waals surface area contributed by atoms with Crippen LogP contribution in [0.4, 0.5) is 9.18 Å². The molecule has 0 bridgehead atoms. The number of rotatable bonds is 4. The fraction of sp³-hybridized carbons (Fsp3) is 0.154. The van der Waals surface area contributed by atoms with Crippen molar-refractivity contribution in [1.29, 1.82) is 0 Å². The maximum Gasteiger partial charge on any atom is 0.328 e. The Bertz CT molecular complexity index is 596. The average Bonchev–Trinajstić information content (AvgIpc) is 2.68. The number of carboxylic acids is 1. The first-order valence-electron chi connectivity index (χ1n) is 5.74. The molecule has 0 unspecified atom stereocenters. The van der Waals surface area contributed by atoms with Gasteiger partial charge in [0, 0.05) is 6.08 Å². The number of carboxylic acid groups (broad SMARTS) is 1. The van der Waals surface area contributed by atoms with E-state index in [0.717, 1.165) is 17.0 Å². The number of hydrogen-bond acceptors (Lipinski definition) is 3. The van der Waals surface area contributed by atoms with Gasteiger partial charge in [0.05, 0.1) is 13.1 Å². The Morgan fingerprint density at radius 2 is 2.15 bits per heavy atom. The molecule has 3 amide bonds. The van der Waals surface area contributed by atoms with Crippen LogP contribution in [0.2, 0.25) is 0 Å². The number of amides is 3. The van der Waals surface area contributed by atoms with Crippen LogP contribution >= 0.6 is 0 Å². The summed E-state index contributed by atoms with van der Waals surface area (Å²) in [5, 5.41) is 10.9. The van der Waals surface area contributed by atoms with Gasteiger partial charge in [0.15, 0.2) is 0 Å². The molecule has 20 heavy (non-hydrogen) atoms. The lowest BCUT2D eigenvalue weighted by molar-refractivity contribution is -0.131. The third-order valence-corrected chi connectivity index (χ3v) is 2.68. The largest absolute Gasteiger partial charge is 0.478 e. The molecule has 0 radical (unpaired) electrons. The number of aliphatic carboxylic acids is 1. The summed E-state index contributed by atoms with van der Waals surface area (Å²) in [7, 11) is 0. The predicted molar refractivity (Wildman–Crippen MR) is 67.0 cm³/mol. The molecule has 1 aliphatic heterocycles. The van der Waals surface area contributed by atoms with E-state index in [2.05, 4.69) is 5.32 Å². The number of nitrogens with one attached hydrogen (secondary N) is 1. The van der Waals surface area contributed by atoms with E-state index in [0.29, 0.717) is 11.1 Å². The van der Waals surface area contributed by atoms with E-state index in [4.69, 9.17) is 5.11 Å². The first kappa shape index (κ1) is 13.7. The number of nitrogens with zero attached hydrogens (tertiary/aromatic N) is 1. The third kappa shape index (κ3) is 3.19. The lowest BCUT2D eigenvalue weighted by Crippen LogP contribution is -2.30. The van der Waals surface area contributed by atoms with Crippen LogP contribution in [-0.4, -0.2) is 34.5 Å². The molecule has 0 saturated carbocycles. The number of hydrogen-bond donors (Lipinski definition) is 2. The van der Waals surface area contributed by atoms with E-state index in [1.165, 1.54) is 18.2 Å². The molecule has 2 N–H and O–H groups in total. The van der Waals surface area contributed by atoms with Gasteiger partial charge in [-0.3, -0.25) is 9.69 Å². The minimum atomic E-state index is -1.15. The Hall–Kier alpha value is -2.70. The summed E-state index contributed by atoms with van der Waals surface area (Å²) < 4.78 is 13.4. The Labute approximate surface area is 113 Å². The zero-order chi connectivity index (χ0) is 14.7. The zero-order valence-corrected chi connectivity index (χ0v) is 10.3. The highest BCUT2D eigenvalue weighted by atomic mass is 19.1. The third-order valence-electron chi connectivity index (χ3n) is 2.68. The van der Waals surface area contributed by atoms with Gasteiger partial charge in [0.25, 0.3) is 0 Å². The average molecular weight is 278 g/mol. The molecule has 0 aliphatic carbocycles. The van der Waals surface area contributed by atoms with Crippen LogP contribution in [0.25, 0.3) is 6.08 Å². The molecule has 7 heteroatoms. The van der Waals surface area contributed by atoms with Crippen LogP contribution in [0.1, 0.15) is 11.1 Å². The first-order valence-corrected chi connectivity index (χ1v) is 5.74. The normalized spacial score (nSPS) is 14.9. The number of urea groups is 1. The monoisotopic (exact) mass is 278 g/mol. The lowest BCUT2D eigenvalue weighted by atomic mass is 10.1. The van der Waals surface area contributed by atoms with Gasteiger partial charge in [0.2, 0.25) is 5.91 Å². The summed E-state index contributed by atoms with van der Waals surface area (Å²) in [6.07, 6.45) is 2.12. The highest BCUT2D eigenvalue weighted by Gasteiger charge is 2.28. The highest BCUT2D eigenvalue weighted by molar-refractivity contribution is 6.01. The molecule has 104 valence electrons. The molecule has 1 aromatic carbocycles. The molecular weight excluding hydrogens is 267 g/mol. The van der Waals surface area contributed by atoms with Gasteiger partial charge >= 0.3 is 12.0 Å². The molecule has 1 heterocycles. The molecule has 6 nitrogen and oxygen atoms in total. The molecule has 1 saturated heterocycles. The smallest absolute Gasteiger partial charge is 0.328 e. The highest BCUT2D eigenvalue weighted by Crippen LogP contribution is 2.14. The SMILES string of the molecule is O=C(O)C=Cc1cc(F)cc(CN2C(=O)CNC2=O)c1. The van der Waals surface area contributed by atoms with Crippen LogP contribution in [-0.2, 0) is 16.1 Å². The van der Waals surface area contributed by atoms with E-state index in [-0.39, 0.29) is 19.0 Å². The van der Waals surface area contributed by atoms with Gasteiger partial charge in [-0.1, -0.05) is 0 Å². The van der Waals surface area contributed by atoms with E-state index >= 15 is 0 Å². The van der Waals surface area contributed by atoms with E-state index in [1.807, 2.05) is 0 Å². The topological polar surface area (TPSA) is 86.7 Å². The molecule has 2 rings (SSSR count). The number of carbonyl (C=O) groups is 3. The Morgan fingerprint density at radius 1 is 1.40 bits per heavy atom. The van der Waals surface area contributed by atoms with Crippen LogP contribution in [0.5, 0.6) is 0 Å². The fourth-order valence-corrected chi connectivity index (χ4v) is 1.83. The molecule has 1 aromatic rings. The van der Waals surface area contributed by atoms with Gasteiger partial charge in [-0.25, -0.2) is 14.0 Å². The quantitative estimate of drug-likeness (QED) is 0.635. The summed E-state index contributed by atoms with van der Waals surface area (Å²) in [5.41, 5.74) is 0.745. The van der Waals surface area contributed by atoms with Crippen molar-refractivity contribution in [3.05, 3.63) is 41.2 Å². The molecular formula is C13H11FN2O4. The van der Waals surface area contributed by atoms with Crippen molar-refractivity contribution >= 4 is 24.0 Å². The molecule has 0 spiro atoms.